The fraction of sp³-hybridized carbons (Fsp3) is 0.650. The first-order valence-corrected chi connectivity index (χ1v) is 9.90. The van der Waals surface area contributed by atoms with Crippen molar-refractivity contribution in [1.29, 1.82) is 0 Å². The molecule has 2 aliphatic heterocycles. The molecule has 1 aliphatic carbocycles. The van der Waals surface area contributed by atoms with Crippen molar-refractivity contribution in [2.45, 2.75) is 51.0 Å². The lowest BCUT2D eigenvalue weighted by Gasteiger charge is -2.34. The summed E-state index contributed by atoms with van der Waals surface area (Å²) in [5, 5.41) is 3.08. The molecule has 0 saturated carbocycles. The highest BCUT2D eigenvalue weighted by Crippen LogP contribution is 2.25. The van der Waals surface area contributed by atoms with Gasteiger partial charge in [-0.05, 0) is 80.8 Å². The largest absolute Gasteiger partial charge is 0.326 e. The molecule has 0 aromatic heterocycles. The Morgan fingerprint density at radius 2 is 2.00 bits per heavy atom. The van der Waals surface area contributed by atoms with Gasteiger partial charge in [0, 0.05) is 31.2 Å². The molecule has 1 aromatic carbocycles. The number of likely N-dealkylation sites (tertiary alicyclic amines) is 1. The van der Waals surface area contributed by atoms with Gasteiger partial charge in [0.1, 0.15) is 0 Å². The number of hydrazine groups is 1. The average Bonchev–Trinajstić information content (AvgIpc) is 3.32. The van der Waals surface area contributed by atoms with E-state index >= 15 is 0 Å². The van der Waals surface area contributed by atoms with Gasteiger partial charge in [-0.3, -0.25) is 15.6 Å². The number of hydrogen-bond donors (Lipinski definition) is 3. The normalized spacial score (nSPS) is 24.4. The molecule has 5 nitrogen and oxygen atoms in total. The molecule has 2 heterocycles. The summed E-state index contributed by atoms with van der Waals surface area (Å²) in [5.74, 6) is 0.924. The lowest BCUT2D eigenvalue weighted by atomic mass is 9.88. The van der Waals surface area contributed by atoms with Crippen LogP contribution in [0.5, 0.6) is 0 Å². The van der Waals surface area contributed by atoms with E-state index in [1.165, 1.54) is 43.2 Å². The minimum atomic E-state index is 0.140. The maximum absolute atomic E-state index is 12.3. The summed E-state index contributed by atoms with van der Waals surface area (Å²) in [7, 11) is 0. The lowest BCUT2D eigenvalue weighted by molar-refractivity contribution is -0.116. The van der Waals surface area contributed by atoms with Crippen LogP contribution in [0.4, 0.5) is 5.69 Å². The van der Waals surface area contributed by atoms with Gasteiger partial charge in [0.15, 0.2) is 0 Å². The van der Waals surface area contributed by atoms with E-state index in [4.69, 9.17) is 0 Å². The molecule has 1 amide bonds. The topological polar surface area (TPSA) is 56.4 Å². The lowest BCUT2D eigenvalue weighted by Crippen LogP contribution is -2.43. The number of anilines is 1. The Bertz CT molecular complexity index is 604. The number of aryl methyl sites for hydroxylation is 2. The van der Waals surface area contributed by atoms with E-state index in [2.05, 4.69) is 39.3 Å². The predicted molar refractivity (Wildman–Crippen MR) is 100 cm³/mol. The highest BCUT2D eigenvalue weighted by molar-refractivity contribution is 5.91. The molecule has 136 valence electrons. The van der Waals surface area contributed by atoms with E-state index in [1.807, 2.05) is 0 Å². The third kappa shape index (κ3) is 4.22. The number of rotatable bonds is 5. The highest BCUT2D eigenvalue weighted by Gasteiger charge is 2.28. The average molecular weight is 342 g/mol. The van der Waals surface area contributed by atoms with Crippen molar-refractivity contribution in [3.8, 4) is 0 Å². The van der Waals surface area contributed by atoms with Crippen molar-refractivity contribution in [2.24, 2.45) is 5.92 Å². The molecule has 1 atom stereocenters. The second kappa shape index (κ2) is 7.85. The van der Waals surface area contributed by atoms with Crippen LogP contribution < -0.4 is 16.2 Å². The number of hydrogen-bond acceptors (Lipinski definition) is 4. The second-order valence-electron chi connectivity index (χ2n) is 7.78. The first-order valence-electron chi connectivity index (χ1n) is 9.90. The van der Waals surface area contributed by atoms with Crippen molar-refractivity contribution in [1.82, 2.24) is 15.8 Å². The fourth-order valence-corrected chi connectivity index (χ4v) is 4.57. The number of carbonyl (C=O) groups is 1. The van der Waals surface area contributed by atoms with Crippen LogP contribution in [0.25, 0.3) is 0 Å². The van der Waals surface area contributed by atoms with Gasteiger partial charge in [-0.1, -0.05) is 6.07 Å². The number of nitrogens with zero attached hydrogens (tertiary/aromatic N) is 1. The van der Waals surface area contributed by atoms with Gasteiger partial charge in [-0.25, -0.2) is 0 Å². The zero-order valence-corrected chi connectivity index (χ0v) is 15.0. The third-order valence-corrected chi connectivity index (χ3v) is 6.11. The van der Waals surface area contributed by atoms with Gasteiger partial charge < -0.3 is 10.2 Å². The molecule has 3 aliphatic rings. The van der Waals surface area contributed by atoms with Crippen LogP contribution in [-0.2, 0) is 17.6 Å². The Kier molecular flexibility index (Phi) is 5.34. The van der Waals surface area contributed by atoms with Gasteiger partial charge in [-0.2, -0.15) is 0 Å². The van der Waals surface area contributed by atoms with Crippen molar-refractivity contribution in [2.75, 3.05) is 31.5 Å². The Labute approximate surface area is 150 Å². The van der Waals surface area contributed by atoms with Crippen molar-refractivity contribution in [3.05, 3.63) is 29.3 Å². The zero-order chi connectivity index (χ0) is 17.1. The van der Waals surface area contributed by atoms with E-state index in [1.54, 1.807) is 0 Å². The maximum atomic E-state index is 12.3. The number of amides is 1. The van der Waals surface area contributed by atoms with Crippen LogP contribution in [0.1, 0.15) is 43.2 Å². The molecule has 0 spiro atoms. The van der Waals surface area contributed by atoms with Crippen molar-refractivity contribution < 1.29 is 4.79 Å². The number of nitrogens with one attached hydrogen (secondary N) is 3. The third-order valence-electron chi connectivity index (χ3n) is 6.11. The van der Waals surface area contributed by atoms with Crippen molar-refractivity contribution >= 4 is 11.6 Å². The number of benzene rings is 1. The zero-order valence-electron chi connectivity index (χ0n) is 15.0. The maximum Gasteiger partial charge on any atom is 0.225 e. The van der Waals surface area contributed by atoms with Crippen LogP contribution in [0.15, 0.2) is 18.2 Å². The number of carbonyl (C=O) groups excluding carboxylic acids is 1. The summed E-state index contributed by atoms with van der Waals surface area (Å²) in [6.07, 6.45) is 7.90. The second-order valence-corrected chi connectivity index (χ2v) is 7.78. The van der Waals surface area contributed by atoms with Crippen LogP contribution in [0.3, 0.4) is 0 Å². The molecule has 2 fully saturated rings. The van der Waals surface area contributed by atoms with Gasteiger partial charge in [0.05, 0.1) is 0 Å². The summed E-state index contributed by atoms with van der Waals surface area (Å²) in [4.78, 5) is 14.7. The summed E-state index contributed by atoms with van der Waals surface area (Å²) in [5.41, 5.74) is 10.5. The van der Waals surface area contributed by atoms with Gasteiger partial charge >= 0.3 is 0 Å². The van der Waals surface area contributed by atoms with E-state index in [9.17, 15) is 4.79 Å². The Morgan fingerprint density at radius 1 is 1.16 bits per heavy atom. The summed E-state index contributed by atoms with van der Waals surface area (Å²) < 4.78 is 0. The standard InChI is InChI=1S/C20H30N4O/c25-20(22-18-5-4-15-2-1-3-17(15)14-18)9-13-24-11-7-16(8-12-24)19-6-10-21-23-19/h4-5,14,16,19,21,23H,1-3,6-13H2,(H,22,25). The van der Waals surface area contributed by atoms with Crippen molar-refractivity contribution in [3.63, 3.8) is 0 Å². The molecule has 0 bridgehead atoms. The summed E-state index contributed by atoms with van der Waals surface area (Å²) in [6.45, 7) is 4.21. The van der Waals surface area contributed by atoms with Crippen LogP contribution in [-0.4, -0.2) is 43.0 Å². The Hall–Kier alpha value is -1.43. The SMILES string of the molecule is O=C(CCN1CCC(C2CCNN2)CC1)Nc1ccc2c(c1)CCC2. The minimum Gasteiger partial charge on any atom is -0.326 e. The monoisotopic (exact) mass is 342 g/mol. The van der Waals surface area contributed by atoms with E-state index in [0.29, 0.717) is 12.5 Å². The molecule has 4 rings (SSSR count). The quantitative estimate of drug-likeness (QED) is 0.767. The number of piperidine rings is 1. The molecule has 2 saturated heterocycles. The first-order chi connectivity index (χ1) is 12.3. The van der Waals surface area contributed by atoms with Crippen LogP contribution >= 0.6 is 0 Å². The van der Waals surface area contributed by atoms with Gasteiger partial charge in [0.2, 0.25) is 5.91 Å². The number of fused-ring (bicyclic) bond motifs is 1. The summed E-state index contributed by atoms with van der Waals surface area (Å²) in [6, 6.07) is 7.03. The molecule has 3 N–H and O–H groups in total. The molecule has 25 heavy (non-hydrogen) atoms. The Balaban J connectivity index is 1.19. The predicted octanol–water partition coefficient (Wildman–Crippen LogP) is 2.08. The van der Waals surface area contributed by atoms with Gasteiger partial charge in [0.25, 0.3) is 0 Å². The van der Waals surface area contributed by atoms with E-state index in [0.717, 1.165) is 44.2 Å². The Morgan fingerprint density at radius 3 is 2.80 bits per heavy atom. The van der Waals surface area contributed by atoms with Gasteiger partial charge in [-0.15, -0.1) is 0 Å². The molecular formula is C20H30N4O. The summed E-state index contributed by atoms with van der Waals surface area (Å²) >= 11 is 0. The van der Waals surface area contributed by atoms with E-state index < -0.39 is 0 Å². The van der Waals surface area contributed by atoms with E-state index in [-0.39, 0.29) is 5.91 Å². The van der Waals surface area contributed by atoms with Crippen LogP contribution in [0, 0.1) is 5.92 Å². The molecule has 1 aromatic rings. The first kappa shape index (κ1) is 17.0. The fourth-order valence-electron chi connectivity index (χ4n) is 4.57. The molecular weight excluding hydrogens is 312 g/mol. The molecule has 0 radical (unpaired) electrons. The molecule has 1 unspecified atom stereocenters. The van der Waals surface area contributed by atoms with Crippen LogP contribution in [0.2, 0.25) is 0 Å². The minimum absolute atomic E-state index is 0.140. The smallest absolute Gasteiger partial charge is 0.225 e. The molecule has 5 heteroatoms. The highest BCUT2D eigenvalue weighted by atomic mass is 16.1.